The molecular weight excluding hydrogens is 360 g/mol. The fraction of sp³-hybridized carbons (Fsp3) is 0.429. The van der Waals surface area contributed by atoms with Crippen LogP contribution < -0.4 is 0 Å². The number of rotatable bonds is 2. The summed E-state index contributed by atoms with van der Waals surface area (Å²) in [6.45, 7) is -0.764. The number of alkyl halides is 6. The number of aliphatic carboxylic acids is 1. The molecule has 1 heterocycles. The van der Waals surface area contributed by atoms with Crippen molar-refractivity contribution in [2.45, 2.75) is 18.4 Å². The van der Waals surface area contributed by atoms with Crippen LogP contribution in [-0.4, -0.2) is 47.7 Å². The molecule has 0 aromatic heterocycles. The van der Waals surface area contributed by atoms with Crippen molar-refractivity contribution in [2.24, 2.45) is 0 Å². The molecule has 138 valence electrons. The van der Waals surface area contributed by atoms with Crippen molar-refractivity contribution >= 4 is 11.9 Å². The molecule has 1 N–H and O–H groups in total. The van der Waals surface area contributed by atoms with Gasteiger partial charge in [-0.2, -0.15) is 26.3 Å². The van der Waals surface area contributed by atoms with Gasteiger partial charge in [-0.25, -0.2) is 4.79 Å². The lowest BCUT2D eigenvalue weighted by Gasteiger charge is -2.33. The summed E-state index contributed by atoms with van der Waals surface area (Å²) < 4.78 is 81.9. The highest BCUT2D eigenvalue weighted by molar-refractivity contribution is 5.97. The molecule has 0 aliphatic carbocycles. The lowest BCUT2D eigenvalue weighted by molar-refractivity contribution is -0.148. The molecule has 0 spiro atoms. The van der Waals surface area contributed by atoms with E-state index in [1.165, 1.54) is 0 Å². The third-order valence-electron chi connectivity index (χ3n) is 3.51. The molecule has 1 aromatic carbocycles. The van der Waals surface area contributed by atoms with Crippen molar-refractivity contribution in [2.75, 3.05) is 19.8 Å². The minimum atomic E-state index is -5.10. The normalized spacial score (nSPS) is 19.0. The fourth-order valence-electron chi connectivity index (χ4n) is 2.30. The van der Waals surface area contributed by atoms with E-state index in [9.17, 15) is 35.9 Å². The molecule has 1 aliphatic heterocycles. The van der Waals surface area contributed by atoms with Crippen LogP contribution in [0.2, 0.25) is 0 Å². The van der Waals surface area contributed by atoms with Gasteiger partial charge in [0.2, 0.25) is 0 Å². The smallest absolute Gasteiger partial charge is 0.416 e. The summed E-state index contributed by atoms with van der Waals surface area (Å²) in [6.07, 6.45) is -10.2. The molecule has 5 nitrogen and oxygen atoms in total. The summed E-state index contributed by atoms with van der Waals surface area (Å²) in [7, 11) is 0. The third-order valence-corrected chi connectivity index (χ3v) is 3.51. The van der Waals surface area contributed by atoms with Gasteiger partial charge in [-0.15, -0.1) is 0 Å². The lowest BCUT2D eigenvalue weighted by atomic mass is 10.0. The highest BCUT2D eigenvalue weighted by atomic mass is 19.4. The second-order valence-corrected chi connectivity index (χ2v) is 5.22. The van der Waals surface area contributed by atoms with Crippen molar-refractivity contribution in [3.8, 4) is 0 Å². The molecule has 0 saturated carbocycles. The monoisotopic (exact) mass is 371 g/mol. The van der Waals surface area contributed by atoms with Crippen LogP contribution >= 0.6 is 0 Å². The van der Waals surface area contributed by atoms with E-state index in [1.807, 2.05) is 0 Å². The van der Waals surface area contributed by atoms with Gasteiger partial charge in [-0.3, -0.25) is 4.79 Å². The quantitative estimate of drug-likeness (QED) is 0.812. The lowest BCUT2D eigenvalue weighted by Crippen LogP contribution is -2.52. The van der Waals surface area contributed by atoms with Crippen LogP contribution in [-0.2, 0) is 21.9 Å². The van der Waals surface area contributed by atoms with Crippen molar-refractivity contribution in [3.05, 3.63) is 34.9 Å². The molecule has 2 rings (SSSR count). The Kier molecular flexibility index (Phi) is 4.98. The van der Waals surface area contributed by atoms with Crippen LogP contribution in [0.15, 0.2) is 18.2 Å². The van der Waals surface area contributed by atoms with E-state index in [4.69, 9.17) is 9.84 Å². The molecule has 25 heavy (non-hydrogen) atoms. The average molecular weight is 371 g/mol. The number of carbonyl (C=O) groups excluding carboxylic acids is 1. The van der Waals surface area contributed by atoms with Gasteiger partial charge in [0.25, 0.3) is 5.91 Å². The Morgan fingerprint density at radius 2 is 1.56 bits per heavy atom. The van der Waals surface area contributed by atoms with Crippen molar-refractivity contribution < 1.29 is 45.8 Å². The SMILES string of the molecule is O=C(O)[C@@H]1COCCN1C(=O)c1cc(C(F)(F)F)cc(C(F)(F)F)c1. The highest BCUT2D eigenvalue weighted by Gasteiger charge is 2.39. The van der Waals surface area contributed by atoms with Gasteiger partial charge in [-0.05, 0) is 18.2 Å². The number of benzene rings is 1. The van der Waals surface area contributed by atoms with E-state index in [2.05, 4.69) is 0 Å². The zero-order chi connectivity index (χ0) is 19.0. The first-order chi connectivity index (χ1) is 11.4. The van der Waals surface area contributed by atoms with E-state index < -0.39 is 53.6 Å². The molecule has 0 bridgehead atoms. The Balaban J connectivity index is 2.49. The highest BCUT2D eigenvalue weighted by Crippen LogP contribution is 2.36. The first-order valence-electron chi connectivity index (χ1n) is 6.82. The molecule has 1 atom stereocenters. The van der Waals surface area contributed by atoms with Crippen LogP contribution in [0.25, 0.3) is 0 Å². The molecule has 1 aromatic rings. The second-order valence-electron chi connectivity index (χ2n) is 5.22. The zero-order valence-electron chi connectivity index (χ0n) is 12.3. The van der Waals surface area contributed by atoms with Crippen molar-refractivity contribution in [1.29, 1.82) is 0 Å². The molecule has 11 heteroatoms. The second kappa shape index (κ2) is 6.54. The predicted octanol–water partition coefficient (Wildman–Crippen LogP) is 2.65. The molecule has 1 aliphatic rings. The van der Waals surface area contributed by atoms with Gasteiger partial charge in [0, 0.05) is 12.1 Å². The summed E-state index contributed by atoms with van der Waals surface area (Å²) in [5, 5.41) is 9.04. The van der Waals surface area contributed by atoms with Crippen LogP contribution in [0.4, 0.5) is 26.3 Å². The molecule has 0 radical (unpaired) electrons. The summed E-state index contributed by atoms with van der Waals surface area (Å²) in [4.78, 5) is 24.1. The van der Waals surface area contributed by atoms with Gasteiger partial charge >= 0.3 is 18.3 Å². The Bertz CT molecular complexity index is 653. The zero-order valence-corrected chi connectivity index (χ0v) is 12.3. The van der Waals surface area contributed by atoms with Crippen LogP contribution in [0.3, 0.4) is 0 Å². The maximum absolute atomic E-state index is 12.8. The summed E-state index contributed by atoms with van der Waals surface area (Å²) in [5.41, 5.74) is -4.19. The van der Waals surface area contributed by atoms with Crippen LogP contribution in [0.1, 0.15) is 21.5 Å². The standard InChI is InChI=1S/C14H11F6NO4/c15-13(16,17)8-3-7(4-9(5-8)14(18,19)20)11(22)21-1-2-25-6-10(21)12(23)24/h3-5,10H,1-2,6H2,(H,23,24)/t10-/m0/s1. The first kappa shape index (κ1) is 19.0. The number of amides is 1. The maximum Gasteiger partial charge on any atom is 0.416 e. The summed E-state index contributed by atoms with van der Waals surface area (Å²) >= 11 is 0. The van der Waals surface area contributed by atoms with Crippen molar-refractivity contribution in [3.63, 3.8) is 0 Å². The van der Waals surface area contributed by atoms with Gasteiger partial charge in [0.05, 0.1) is 24.3 Å². The molecule has 0 unspecified atom stereocenters. The average Bonchev–Trinajstić information content (AvgIpc) is 2.52. The van der Waals surface area contributed by atoms with Crippen LogP contribution in [0.5, 0.6) is 0 Å². The fourth-order valence-corrected chi connectivity index (χ4v) is 2.30. The number of morpholine rings is 1. The first-order valence-corrected chi connectivity index (χ1v) is 6.82. The number of hydrogen-bond donors (Lipinski definition) is 1. The Hall–Kier alpha value is -2.30. The van der Waals surface area contributed by atoms with Gasteiger partial charge in [0.15, 0.2) is 6.04 Å². The van der Waals surface area contributed by atoms with Gasteiger partial charge < -0.3 is 14.7 Å². The molecule has 1 amide bonds. The van der Waals surface area contributed by atoms with E-state index in [1.54, 1.807) is 0 Å². The Morgan fingerprint density at radius 1 is 1.04 bits per heavy atom. The van der Waals surface area contributed by atoms with Gasteiger partial charge in [0.1, 0.15) is 0 Å². The maximum atomic E-state index is 12.8. The summed E-state index contributed by atoms with van der Waals surface area (Å²) in [6, 6.07) is -1.06. The number of carboxylic acids is 1. The third kappa shape index (κ3) is 4.21. The largest absolute Gasteiger partial charge is 0.480 e. The van der Waals surface area contributed by atoms with E-state index in [0.717, 1.165) is 0 Å². The van der Waals surface area contributed by atoms with Crippen molar-refractivity contribution in [1.82, 2.24) is 4.90 Å². The minimum Gasteiger partial charge on any atom is -0.480 e. The molecular formula is C14H11F6NO4. The molecule has 1 fully saturated rings. The van der Waals surface area contributed by atoms with E-state index >= 15 is 0 Å². The van der Waals surface area contributed by atoms with E-state index in [0.29, 0.717) is 4.90 Å². The van der Waals surface area contributed by atoms with E-state index in [-0.39, 0.29) is 31.4 Å². The number of ether oxygens (including phenoxy) is 1. The Morgan fingerprint density at radius 3 is 2.00 bits per heavy atom. The van der Waals surface area contributed by atoms with Gasteiger partial charge in [-0.1, -0.05) is 0 Å². The number of carbonyl (C=O) groups is 2. The number of halogens is 6. The number of carboxylic acid groups (broad SMARTS) is 1. The predicted molar refractivity (Wildman–Crippen MR) is 69.7 cm³/mol. The Labute approximate surface area is 136 Å². The summed E-state index contributed by atoms with van der Waals surface area (Å²) in [5.74, 6) is -2.72. The molecule has 1 saturated heterocycles. The topological polar surface area (TPSA) is 66.8 Å². The number of nitrogens with zero attached hydrogens (tertiary/aromatic N) is 1. The minimum absolute atomic E-state index is 0.0827. The van der Waals surface area contributed by atoms with Crippen LogP contribution in [0, 0.1) is 0 Å². The number of hydrogen-bond acceptors (Lipinski definition) is 3.